The summed E-state index contributed by atoms with van der Waals surface area (Å²) in [6.07, 6.45) is 3.11. The summed E-state index contributed by atoms with van der Waals surface area (Å²) in [6.45, 7) is 0.171. The predicted molar refractivity (Wildman–Crippen MR) is 93.2 cm³/mol. The minimum absolute atomic E-state index is 0.171. The van der Waals surface area contributed by atoms with Crippen molar-refractivity contribution in [3.05, 3.63) is 59.4 Å². The van der Waals surface area contributed by atoms with Gasteiger partial charge in [0, 0.05) is 7.05 Å². The average Bonchev–Trinajstić information content (AvgIpc) is 3.17. The van der Waals surface area contributed by atoms with Crippen LogP contribution in [0.15, 0.2) is 47.4 Å². The van der Waals surface area contributed by atoms with Crippen molar-refractivity contribution in [2.45, 2.75) is 30.7 Å². The van der Waals surface area contributed by atoms with E-state index in [9.17, 15) is 8.42 Å². The van der Waals surface area contributed by atoms with Gasteiger partial charge >= 0.3 is 0 Å². The van der Waals surface area contributed by atoms with E-state index in [1.54, 1.807) is 12.1 Å². The molecule has 0 radical (unpaired) electrons. The number of imidazole rings is 1. The Balaban J connectivity index is 1.59. The van der Waals surface area contributed by atoms with E-state index in [2.05, 4.69) is 9.71 Å². The molecule has 0 atom stereocenters. The van der Waals surface area contributed by atoms with Gasteiger partial charge < -0.3 is 4.57 Å². The molecule has 4 rings (SSSR count). The van der Waals surface area contributed by atoms with Crippen LogP contribution in [-0.2, 0) is 36.5 Å². The highest BCUT2D eigenvalue weighted by atomic mass is 32.2. The van der Waals surface area contributed by atoms with Crippen LogP contribution in [-0.4, -0.2) is 18.0 Å². The molecule has 0 bridgehead atoms. The van der Waals surface area contributed by atoms with Crippen molar-refractivity contribution < 1.29 is 8.42 Å². The van der Waals surface area contributed by atoms with Crippen molar-refractivity contribution in [3.63, 3.8) is 0 Å². The Morgan fingerprint density at radius 2 is 1.92 bits per heavy atom. The Labute approximate surface area is 141 Å². The largest absolute Gasteiger partial charge is 0.330 e. The summed E-state index contributed by atoms with van der Waals surface area (Å²) in [4.78, 5) is 4.84. The Hall–Kier alpha value is -2.18. The number of benzene rings is 2. The van der Waals surface area contributed by atoms with Crippen molar-refractivity contribution >= 4 is 21.1 Å². The Kier molecular flexibility index (Phi) is 3.66. The van der Waals surface area contributed by atoms with E-state index in [-0.39, 0.29) is 6.54 Å². The molecule has 1 N–H and O–H groups in total. The van der Waals surface area contributed by atoms with Gasteiger partial charge in [0.2, 0.25) is 10.0 Å². The number of sulfonamides is 1. The molecule has 0 saturated carbocycles. The van der Waals surface area contributed by atoms with Gasteiger partial charge in [-0.05, 0) is 54.7 Å². The molecule has 0 unspecified atom stereocenters. The zero-order valence-corrected chi connectivity index (χ0v) is 14.3. The predicted octanol–water partition coefficient (Wildman–Crippen LogP) is 2.54. The maximum atomic E-state index is 12.6. The number of nitrogens with zero attached hydrogens (tertiary/aromatic N) is 2. The van der Waals surface area contributed by atoms with E-state index in [4.69, 9.17) is 0 Å². The molecule has 24 heavy (non-hydrogen) atoms. The van der Waals surface area contributed by atoms with E-state index >= 15 is 0 Å². The van der Waals surface area contributed by atoms with Crippen molar-refractivity contribution in [3.8, 4) is 0 Å². The first-order valence-electron chi connectivity index (χ1n) is 8.06. The monoisotopic (exact) mass is 341 g/mol. The second kappa shape index (κ2) is 5.72. The summed E-state index contributed by atoms with van der Waals surface area (Å²) in [7, 11) is -1.64. The van der Waals surface area contributed by atoms with Crippen molar-refractivity contribution in [1.82, 2.24) is 14.3 Å². The lowest BCUT2D eigenvalue weighted by atomic mass is 10.1. The quantitative estimate of drug-likeness (QED) is 0.793. The first-order chi connectivity index (χ1) is 11.5. The maximum Gasteiger partial charge on any atom is 0.240 e. The number of rotatable bonds is 4. The molecule has 1 aliphatic carbocycles. The van der Waals surface area contributed by atoms with Gasteiger partial charge in [-0.3, -0.25) is 0 Å². The molecule has 0 aliphatic heterocycles. The lowest BCUT2D eigenvalue weighted by Crippen LogP contribution is -2.24. The van der Waals surface area contributed by atoms with Gasteiger partial charge in [-0.15, -0.1) is 0 Å². The second-order valence-corrected chi connectivity index (χ2v) is 7.95. The Bertz CT molecular complexity index is 1020. The molecule has 0 spiro atoms. The number of aromatic nitrogens is 2. The van der Waals surface area contributed by atoms with Crippen LogP contribution in [0.4, 0.5) is 0 Å². The smallest absolute Gasteiger partial charge is 0.240 e. The molecule has 124 valence electrons. The summed E-state index contributed by atoms with van der Waals surface area (Å²) >= 11 is 0. The van der Waals surface area contributed by atoms with Crippen molar-refractivity contribution in [2.75, 3.05) is 0 Å². The highest BCUT2D eigenvalue weighted by Gasteiger charge is 2.19. The number of hydrogen-bond donors (Lipinski definition) is 1. The van der Waals surface area contributed by atoms with E-state index in [1.165, 1.54) is 5.56 Å². The number of nitrogens with one attached hydrogen (secondary N) is 1. The number of hydrogen-bond acceptors (Lipinski definition) is 3. The Morgan fingerprint density at radius 1 is 1.12 bits per heavy atom. The first-order valence-corrected chi connectivity index (χ1v) is 9.55. The van der Waals surface area contributed by atoms with Crippen LogP contribution in [0.3, 0.4) is 0 Å². The lowest BCUT2D eigenvalue weighted by Gasteiger charge is -2.08. The normalized spacial score (nSPS) is 14.2. The maximum absolute atomic E-state index is 12.6. The second-order valence-electron chi connectivity index (χ2n) is 6.18. The van der Waals surface area contributed by atoms with Gasteiger partial charge in [0.1, 0.15) is 5.82 Å². The van der Waals surface area contributed by atoms with E-state index in [0.717, 1.165) is 35.9 Å². The van der Waals surface area contributed by atoms with E-state index in [0.29, 0.717) is 10.7 Å². The third-order valence-corrected chi connectivity index (χ3v) is 6.08. The molecule has 5 nitrogen and oxygen atoms in total. The van der Waals surface area contributed by atoms with Gasteiger partial charge in [-0.1, -0.05) is 18.2 Å². The molecule has 1 aromatic heterocycles. The zero-order valence-electron chi connectivity index (χ0n) is 13.5. The minimum atomic E-state index is -3.54. The molecule has 6 heteroatoms. The molecule has 1 aliphatic rings. The molecule has 2 aromatic carbocycles. The van der Waals surface area contributed by atoms with Crippen molar-refractivity contribution in [2.24, 2.45) is 7.05 Å². The van der Waals surface area contributed by atoms with Crippen LogP contribution in [0.5, 0.6) is 0 Å². The molecule has 0 saturated heterocycles. The highest BCUT2D eigenvalue weighted by molar-refractivity contribution is 7.89. The van der Waals surface area contributed by atoms with Crippen LogP contribution >= 0.6 is 0 Å². The van der Waals surface area contributed by atoms with E-state index in [1.807, 2.05) is 41.9 Å². The number of aryl methyl sites for hydroxylation is 3. The topological polar surface area (TPSA) is 64.0 Å². The molecule has 1 heterocycles. The zero-order chi connectivity index (χ0) is 16.7. The molecule has 3 aromatic rings. The summed E-state index contributed by atoms with van der Waals surface area (Å²) in [5, 5.41) is 0. The van der Waals surface area contributed by atoms with Crippen LogP contribution in [0.25, 0.3) is 11.0 Å². The first kappa shape index (κ1) is 15.4. The van der Waals surface area contributed by atoms with Gasteiger partial charge in [0.05, 0.1) is 22.5 Å². The van der Waals surface area contributed by atoms with Gasteiger partial charge in [-0.2, -0.15) is 0 Å². The van der Waals surface area contributed by atoms with Crippen molar-refractivity contribution in [1.29, 1.82) is 0 Å². The fourth-order valence-electron chi connectivity index (χ4n) is 3.31. The fraction of sp³-hybridized carbons (Fsp3) is 0.278. The lowest BCUT2D eigenvalue weighted by molar-refractivity contribution is 0.578. The molecular formula is C18H19N3O2S. The van der Waals surface area contributed by atoms with Gasteiger partial charge in [-0.25, -0.2) is 18.1 Å². The fourth-order valence-corrected chi connectivity index (χ4v) is 4.34. The van der Waals surface area contributed by atoms with Gasteiger partial charge in [0.15, 0.2) is 0 Å². The standard InChI is InChI=1S/C18H19N3O2S/c1-21-17-8-3-2-7-16(17)20-18(21)12-19-24(22,23)15-10-9-13-5-4-6-14(13)11-15/h2-3,7-11,19H,4-6,12H2,1H3. The average molecular weight is 341 g/mol. The minimum Gasteiger partial charge on any atom is -0.330 e. The Morgan fingerprint density at radius 3 is 2.75 bits per heavy atom. The summed E-state index contributed by atoms with van der Waals surface area (Å²) in [5.41, 5.74) is 4.28. The summed E-state index contributed by atoms with van der Waals surface area (Å²) < 4.78 is 29.8. The summed E-state index contributed by atoms with van der Waals surface area (Å²) in [6, 6.07) is 13.2. The molecular weight excluding hydrogens is 322 g/mol. The molecule has 0 fully saturated rings. The van der Waals surface area contributed by atoms with Crippen LogP contribution < -0.4 is 4.72 Å². The van der Waals surface area contributed by atoms with Crippen LogP contribution in [0.2, 0.25) is 0 Å². The van der Waals surface area contributed by atoms with Gasteiger partial charge in [0.25, 0.3) is 0 Å². The summed E-state index contributed by atoms with van der Waals surface area (Å²) in [5.74, 6) is 0.695. The third kappa shape index (κ3) is 2.61. The van der Waals surface area contributed by atoms with E-state index < -0.39 is 10.0 Å². The SMILES string of the molecule is Cn1c(CNS(=O)(=O)c2ccc3c(c2)CCC3)nc2ccccc21. The highest BCUT2D eigenvalue weighted by Crippen LogP contribution is 2.24. The third-order valence-electron chi connectivity index (χ3n) is 4.68. The van der Waals surface area contributed by atoms with Crippen LogP contribution in [0, 0.1) is 0 Å². The number of fused-ring (bicyclic) bond motifs is 2. The number of para-hydroxylation sites is 2. The van der Waals surface area contributed by atoms with Crippen LogP contribution in [0.1, 0.15) is 23.4 Å². The molecule has 0 amide bonds.